The summed E-state index contributed by atoms with van der Waals surface area (Å²) in [5.74, 6) is -6.63. The van der Waals surface area contributed by atoms with Gasteiger partial charge in [0.05, 0.1) is 0 Å². The molecule has 10 atom stereocenters. The summed E-state index contributed by atoms with van der Waals surface area (Å²) in [5.41, 5.74) is 0. The number of alkyl carbamates (subject to hydrolysis) is 1. The van der Waals surface area contributed by atoms with Crippen LogP contribution in [0.2, 0.25) is 0 Å². The van der Waals surface area contributed by atoms with Crippen LogP contribution in [0, 0.1) is 0 Å². The van der Waals surface area contributed by atoms with E-state index in [0.29, 0.717) is 13.1 Å². The Hall–Kier alpha value is -5.09. The molecule has 2 rings (SSSR count). The highest BCUT2D eigenvalue weighted by molar-refractivity contribution is 5.82. The second kappa shape index (κ2) is 47.9. The number of amides is 2. The van der Waals surface area contributed by atoms with Gasteiger partial charge in [-0.1, -0.05) is 206 Å². The molecule has 0 saturated carbocycles. The number of carbonyl (C=O) groups is 9. The normalized spacial score (nSPS) is 21.6. The molecule has 0 aromatic carbocycles. The van der Waals surface area contributed by atoms with Gasteiger partial charge in [0.25, 0.3) is 0 Å². The molecule has 2 saturated heterocycles. The second-order valence-corrected chi connectivity index (χ2v) is 23.4. The van der Waals surface area contributed by atoms with Crippen molar-refractivity contribution in [3.8, 4) is 0 Å². The van der Waals surface area contributed by atoms with Crippen molar-refractivity contribution in [2.75, 3.05) is 32.8 Å². The smallest absolute Gasteiger partial charge is 0.410 e. The lowest BCUT2D eigenvalue weighted by atomic mass is 9.96. The molecular formula is C65H112N2O20. The topological polar surface area (TPSA) is 270 Å². The van der Waals surface area contributed by atoms with Crippen LogP contribution in [-0.2, 0) is 90.5 Å². The molecule has 22 nitrogen and oxygen atoms in total. The van der Waals surface area contributed by atoms with Gasteiger partial charge in [0, 0.05) is 61.6 Å². The van der Waals surface area contributed by atoms with E-state index < -0.39 is 129 Å². The largest absolute Gasteiger partial charge is 0.463 e. The molecule has 0 aromatic rings. The summed E-state index contributed by atoms with van der Waals surface area (Å²) in [6.45, 7) is 11.1. The summed E-state index contributed by atoms with van der Waals surface area (Å²) in [7, 11) is 0. The number of hydrogen-bond donors (Lipinski definition) is 1. The maximum atomic E-state index is 14.0. The standard InChI is InChI=1S/C65H112N2O20/c1-10-12-14-16-18-20-22-24-26-28-30-32-34-36-38-40-42-67(43-41-39-37-35-33-31-29-27-25-23-21-19-17-15-13-11-2)56(75)44-66-65(76)87-64-62(83-53(9)74)60(81-51(7)72)58(55(85-64)46-78-48(4)69)86-63-61(82-52(8)73)59(80-50(6)71)57(79-49(5)70)54(84-63)45-77-47(3)68/h54-55,57-64H,10-46H2,1-9H3,(H,66,76)/t54-,55-,57+,58-,59+,60+,61-,62-,63+,64-/m1/s1. The number of nitrogens with one attached hydrogen (secondary N) is 1. The van der Waals surface area contributed by atoms with Crippen molar-refractivity contribution in [2.24, 2.45) is 0 Å². The molecule has 0 bridgehead atoms. The third-order valence-corrected chi connectivity index (χ3v) is 15.4. The highest BCUT2D eigenvalue weighted by Gasteiger charge is 2.58. The maximum absolute atomic E-state index is 14.0. The molecule has 0 radical (unpaired) electrons. The Kier molecular flexibility index (Phi) is 42.9. The van der Waals surface area contributed by atoms with E-state index in [9.17, 15) is 43.2 Å². The lowest BCUT2D eigenvalue weighted by Crippen LogP contribution is -2.67. The fourth-order valence-corrected chi connectivity index (χ4v) is 11.0. The summed E-state index contributed by atoms with van der Waals surface area (Å²) < 4.78 is 62.9. The van der Waals surface area contributed by atoms with Crippen LogP contribution in [0.1, 0.15) is 268 Å². The van der Waals surface area contributed by atoms with Crippen LogP contribution in [0.5, 0.6) is 0 Å². The molecular weight excluding hydrogens is 1130 g/mol. The molecule has 87 heavy (non-hydrogen) atoms. The first-order chi connectivity index (χ1) is 41.8. The number of carbonyl (C=O) groups excluding carboxylic acids is 9. The Labute approximate surface area is 519 Å². The van der Waals surface area contributed by atoms with Crippen LogP contribution in [0.4, 0.5) is 4.79 Å². The predicted octanol–water partition coefficient (Wildman–Crippen LogP) is 11.7. The van der Waals surface area contributed by atoms with E-state index in [-0.39, 0.29) is 5.91 Å². The van der Waals surface area contributed by atoms with E-state index in [0.717, 1.165) is 99.8 Å². The Bertz CT molecular complexity index is 1940. The highest BCUT2D eigenvalue weighted by atomic mass is 16.8. The van der Waals surface area contributed by atoms with Crippen LogP contribution in [-0.4, -0.2) is 153 Å². The lowest BCUT2D eigenvalue weighted by molar-refractivity contribution is -0.356. The zero-order valence-electron chi connectivity index (χ0n) is 54.5. The summed E-state index contributed by atoms with van der Waals surface area (Å²) in [5, 5.41) is 2.50. The summed E-state index contributed by atoms with van der Waals surface area (Å²) in [6, 6.07) is 0. The molecule has 2 aliphatic heterocycles. The van der Waals surface area contributed by atoms with Crippen molar-refractivity contribution < 1.29 is 95.3 Å². The summed E-state index contributed by atoms with van der Waals surface area (Å²) in [4.78, 5) is 117. The van der Waals surface area contributed by atoms with Crippen LogP contribution < -0.4 is 5.32 Å². The van der Waals surface area contributed by atoms with Crippen LogP contribution in [0.3, 0.4) is 0 Å². The van der Waals surface area contributed by atoms with Crippen molar-refractivity contribution in [3.05, 3.63) is 0 Å². The van der Waals surface area contributed by atoms with Gasteiger partial charge in [-0.15, -0.1) is 0 Å². The van der Waals surface area contributed by atoms with Crippen LogP contribution in [0.25, 0.3) is 0 Å². The van der Waals surface area contributed by atoms with Gasteiger partial charge < -0.3 is 62.3 Å². The number of hydrogen-bond acceptors (Lipinski definition) is 20. The molecule has 2 aliphatic rings. The Morgan fingerprint density at radius 3 is 0.966 bits per heavy atom. The molecule has 1 N–H and O–H groups in total. The molecule has 502 valence electrons. The van der Waals surface area contributed by atoms with Gasteiger partial charge in [0.15, 0.2) is 30.7 Å². The van der Waals surface area contributed by atoms with Crippen LogP contribution >= 0.6 is 0 Å². The highest BCUT2D eigenvalue weighted by Crippen LogP contribution is 2.36. The summed E-state index contributed by atoms with van der Waals surface area (Å²) in [6.07, 6.45) is 20.7. The SMILES string of the molecule is CCCCCCCCCCCCCCCCCCN(CCCCCCCCCCCCCCCCCC)C(=O)CNC(=O)O[C@H]1O[C@H](COC(C)=O)[C@@H](O[C@@H]2O[C@H](COC(C)=O)[C@H](OC(C)=O)[C@H](OC(C)=O)[C@H]2OC(C)=O)[C@H](OC(C)=O)[C@H]1OC(C)=O. The lowest BCUT2D eigenvalue weighted by Gasteiger charge is -2.48. The number of esters is 7. The number of nitrogens with zero attached hydrogens (tertiary/aromatic N) is 1. The number of unbranched alkanes of at least 4 members (excludes halogenated alkanes) is 30. The third-order valence-electron chi connectivity index (χ3n) is 15.4. The fraction of sp³-hybridized carbons (Fsp3) is 0.862. The quantitative estimate of drug-likeness (QED) is 0.0337. The first-order valence-corrected chi connectivity index (χ1v) is 33.1. The van der Waals surface area contributed by atoms with Gasteiger partial charge in [-0.3, -0.25) is 38.4 Å². The van der Waals surface area contributed by atoms with E-state index >= 15 is 0 Å². The first-order valence-electron chi connectivity index (χ1n) is 33.1. The van der Waals surface area contributed by atoms with Crippen molar-refractivity contribution >= 4 is 53.8 Å². The van der Waals surface area contributed by atoms with Gasteiger partial charge in [0.1, 0.15) is 38.1 Å². The van der Waals surface area contributed by atoms with Crippen molar-refractivity contribution in [3.63, 3.8) is 0 Å². The first kappa shape index (κ1) is 78.0. The van der Waals surface area contributed by atoms with Gasteiger partial charge >= 0.3 is 47.9 Å². The molecule has 0 aromatic heterocycles. The zero-order chi connectivity index (χ0) is 64.2. The minimum absolute atomic E-state index is 0.334. The van der Waals surface area contributed by atoms with Crippen molar-refractivity contribution in [1.82, 2.24) is 10.2 Å². The molecule has 22 heteroatoms. The maximum Gasteiger partial charge on any atom is 0.410 e. The van der Waals surface area contributed by atoms with Crippen molar-refractivity contribution in [2.45, 2.75) is 329 Å². The van der Waals surface area contributed by atoms with Gasteiger partial charge in [-0.05, 0) is 12.8 Å². The summed E-state index contributed by atoms with van der Waals surface area (Å²) >= 11 is 0. The fourth-order valence-electron chi connectivity index (χ4n) is 11.0. The van der Waals surface area contributed by atoms with Gasteiger partial charge in [-0.2, -0.15) is 0 Å². The Morgan fingerprint density at radius 2 is 0.621 bits per heavy atom. The molecule has 0 aliphatic carbocycles. The predicted molar refractivity (Wildman–Crippen MR) is 323 cm³/mol. The van der Waals surface area contributed by atoms with E-state index in [4.69, 9.17) is 52.1 Å². The van der Waals surface area contributed by atoms with Gasteiger partial charge in [-0.25, -0.2) is 4.79 Å². The van der Waals surface area contributed by atoms with E-state index in [1.807, 2.05) is 0 Å². The van der Waals surface area contributed by atoms with E-state index in [1.165, 1.54) is 154 Å². The molecule has 2 amide bonds. The average molecular weight is 1240 g/mol. The Balaban J connectivity index is 2.25. The number of ether oxygens (including phenoxy) is 11. The molecule has 0 unspecified atom stereocenters. The Morgan fingerprint density at radius 1 is 0.333 bits per heavy atom. The third kappa shape index (κ3) is 36.2. The van der Waals surface area contributed by atoms with Gasteiger partial charge in [0.2, 0.25) is 18.3 Å². The minimum Gasteiger partial charge on any atom is -0.463 e. The molecule has 2 heterocycles. The van der Waals surface area contributed by atoms with E-state index in [2.05, 4.69) is 19.2 Å². The molecule has 2 fully saturated rings. The van der Waals surface area contributed by atoms with Crippen molar-refractivity contribution in [1.29, 1.82) is 0 Å². The van der Waals surface area contributed by atoms with Crippen LogP contribution in [0.15, 0.2) is 0 Å². The zero-order valence-corrected chi connectivity index (χ0v) is 54.5. The monoisotopic (exact) mass is 1240 g/mol. The molecule has 0 spiro atoms. The van der Waals surface area contributed by atoms with E-state index in [1.54, 1.807) is 4.90 Å². The number of rotatable bonds is 48. The second-order valence-electron chi connectivity index (χ2n) is 23.4. The average Bonchev–Trinajstić information content (AvgIpc) is 0.949. The minimum atomic E-state index is -1.92.